The molecule has 2 N–H and O–H groups in total. The predicted molar refractivity (Wildman–Crippen MR) is 40.0 cm³/mol. The summed E-state index contributed by atoms with van der Waals surface area (Å²) in [6.07, 6.45) is 1.09. The van der Waals surface area contributed by atoms with E-state index in [0.717, 1.165) is 12.3 Å². The molecule has 0 aliphatic rings. The Balaban J connectivity index is 3.25. The molecule has 0 radical (unpaired) electrons. The first kappa shape index (κ1) is 7.94. The van der Waals surface area contributed by atoms with E-state index in [2.05, 4.69) is 4.98 Å². The van der Waals surface area contributed by atoms with Crippen molar-refractivity contribution in [3.8, 4) is 6.07 Å². The molecule has 1 aromatic rings. The smallest absolute Gasteiger partial charge is 0.364 e. The quantitative estimate of drug-likeness (QED) is 0.478. The van der Waals surface area contributed by atoms with E-state index in [-0.39, 0.29) is 17.1 Å². The molecule has 0 saturated carbocycles. The van der Waals surface area contributed by atoms with Crippen molar-refractivity contribution in [1.29, 1.82) is 5.26 Å². The van der Waals surface area contributed by atoms with Crippen molar-refractivity contribution >= 4 is 11.5 Å². The third-order valence-electron chi connectivity index (χ3n) is 1.23. The van der Waals surface area contributed by atoms with Gasteiger partial charge in [0.15, 0.2) is 6.20 Å². The number of nitrogen functional groups attached to an aromatic ring is 1. The monoisotopic (exact) mass is 164 g/mol. The Bertz CT molecular complexity index is 368. The van der Waals surface area contributed by atoms with Crippen LogP contribution < -0.4 is 5.73 Å². The molecule has 0 atom stereocenters. The van der Waals surface area contributed by atoms with E-state index in [0.29, 0.717) is 0 Å². The Morgan fingerprint density at radius 2 is 2.42 bits per heavy atom. The molecule has 0 spiro atoms. The van der Waals surface area contributed by atoms with Gasteiger partial charge in [-0.15, -0.1) is 0 Å². The van der Waals surface area contributed by atoms with Crippen LogP contribution in [0.2, 0.25) is 0 Å². The van der Waals surface area contributed by atoms with E-state index >= 15 is 0 Å². The average Bonchev–Trinajstić information content (AvgIpc) is 2.05. The van der Waals surface area contributed by atoms with Crippen LogP contribution >= 0.6 is 0 Å². The molecule has 0 saturated heterocycles. The molecule has 0 bridgehead atoms. The standard InChI is InChI=1S/C6H4N4O2/c7-2-4-1-6(10(11)12)9-3-5(4)8/h1,3H,8H2. The van der Waals surface area contributed by atoms with Gasteiger partial charge >= 0.3 is 5.82 Å². The van der Waals surface area contributed by atoms with Crippen molar-refractivity contribution in [3.05, 3.63) is 27.9 Å². The molecule has 12 heavy (non-hydrogen) atoms. The maximum atomic E-state index is 10.2. The topological polar surface area (TPSA) is 106 Å². The highest BCUT2D eigenvalue weighted by Crippen LogP contribution is 2.14. The molecule has 6 heteroatoms. The number of rotatable bonds is 1. The predicted octanol–water partition coefficient (Wildman–Crippen LogP) is 0.444. The second-order valence-electron chi connectivity index (χ2n) is 2.00. The molecule has 1 heterocycles. The maximum absolute atomic E-state index is 10.2. The van der Waals surface area contributed by atoms with Gasteiger partial charge in [-0.2, -0.15) is 5.26 Å². The molecular weight excluding hydrogens is 160 g/mol. The maximum Gasteiger partial charge on any atom is 0.364 e. The average molecular weight is 164 g/mol. The Kier molecular flexibility index (Phi) is 1.88. The Labute approximate surface area is 67.4 Å². The summed E-state index contributed by atoms with van der Waals surface area (Å²) in [5.41, 5.74) is 5.50. The highest BCUT2D eigenvalue weighted by Gasteiger charge is 2.10. The summed E-state index contributed by atoms with van der Waals surface area (Å²) in [7, 11) is 0. The van der Waals surface area contributed by atoms with Gasteiger partial charge in [0.05, 0.1) is 17.3 Å². The van der Waals surface area contributed by atoms with E-state index in [1.165, 1.54) is 0 Å². The van der Waals surface area contributed by atoms with Crippen molar-refractivity contribution < 1.29 is 4.92 Å². The molecule has 60 valence electrons. The van der Waals surface area contributed by atoms with Gasteiger partial charge in [0.1, 0.15) is 6.07 Å². The molecule has 0 aliphatic carbocycles. The third-order valence-corrected chi connectivity index (χ3v) is 1.23. The molecule has 0 fully saturated rings. The lowest BCUT2D eigenvalue weighted by Gasteiger charge is -1.93. The number of hydrogen-bond acceptors (Lipinski definition) is 5. The zero-order chi connectivity index (χ0) is 9.14. The molecule has 6 nitrogen and oxygen atoms in total. The first-order valence-electron chi connectivity index (χ1n) is 2.95. The van der Waals surface area contributed by atoms with Gasteiger partial charge in [-0.1, -0.05) is 0 Å². The number of nitrogens with zero attached hydrogens (tertiary/aromatic N) is 3. The van der Waals surface area contributed by atoms with Crippen LogP contribution in [-0.2, 0) is 0 Å². The molecule has 0 aliphatic heterocycles. The number of aromatic nitrogens is 1. The Morgan fingerprint density at radius 1 is 1.75 bits per heavy atom. The normalized spacial score (nSPS) is 8.92. The summed E-state index contributed by atoms with van der Waals surface area (Å²) in [6, 6.07) is 2.76. The first-order chi connectivity index (χ1) is 5.65. The van der Waals surface area contributed by atoms with Crippen LogP contribution in [0.5, 0.6) is 0 Å². The number of nitro groups is 1. The van der Waals surface area contributed by atoms with E-state index in [1.807, 2.05) is 0 Å². The van der Waals surface area contributed by atoms with E-state index in [4.69, 9.17) is 11.0 Å². The van der Waals surface area contributed by atoms with Gasteiger partial charge in [-0.25, -0.2) is 0 Å². The van der Waals surface area contributed by atoms with Crippen LogP contribution in [0.25, 0.3) is 0 Å². The minimum absolute atomic E-state index is 0.0664. The Hall–Kier alpha value is -2.16. The van der Waals surface area contributed by atoms with E-state index in [9.17, 15) is 10.1 Å². The summed E-state index contributed by atoms with van der Waals surface area (Å²) < 4.78 is 0. The number of hydrogen-bond donors (Lipinski definition) is 1. The van der Waals surface area contributed by atoms with Crippen molar-refractivity contribution in [1.82, 2.24) is 4.98 Å². The lowest BCUT2D eigenvalue weighted by Crippen LogP contribution is -1.96. The summed E-state index contributed by atoms with van der Waals surface area (Å²) in [5, 5.41) is 18.6. The van der Waals surface area contributed by atoms with Gasteiger partial charge in [-0.3, -0.25) is 0 Å². The highest BCUT2D eigenvalue weighted by molar-refractivity contribution is 5.54. The SMILES string of the molecule is N#Cc1cc([N+](=O)[O-])ncc1N. The summed E-state index contributed by atoms with van der Waals surface area (Å²) in [6.45, 7) is 0. The number of anilines is 1. The van der Waals surface area contributed by atoms with Crippen molar-refractivity contribution in [2.24, 2.45) is 0 Å². The van der Waals surface area contributed by atoms with Crippen molar-refractivity contribution in [2.75, 3.05) is 5.73 Å². The fourth-order valence-electron chi connectivity index (χ4n) is 0.652. The highest BCUT2D eigenvalue weighted by atomic mass is 16.6. The van der Waals surface area contributed by atoms with Crippen LogP contribution in [0.4, 0.5) is 11.5 Å². The minimum atomic E-state index is -0.680. The summed E-state index contributed by atoms with van der Waals surface area (Å²) in [4.78, 5) is 12.9. The Morgan fingerprint density at radius 3 is 2.92 bits per heavy atom. The molecule has 0 unspecified atom stereocenters. The zero-order valence-electron chi connectivity index (χ0n) is 5.89. The van der Waals surface area contributed by atoms with Gasteiger partial charge in [0.2, 0.25) is 0 Å². The molecule has 1 rings (SSSR count). The second-order valence-corrected chi connectivity index (χ2v) is 2.00. The minimum Gasteiger partial charge on any atom is -0.395 e. The van der Waals surface area contributed by atoms with E-state index < -0.39 is 4.92 Å². The van der Waals surface area contributed by atoms with Crippen LogP contribution in [0.3, 0.4) is 0 Å². The van der Waals surface area contributed by atoms with Gasteiger partial charge < -0.3 is 15.8 Å². The van der Waals surface area contributed by atoms with Crippen molar-refractivity contribution in [2.45, 2.75) is 0 Å². The third kappa shape index (κ3) is 1.29. The lowest BCUT2D eigenvalue weighted by atomic mass is 10.2. The largest absolute Gasteiger partial charge is 0.395 e. The second kappa shape index (κ2) is 2.84. The van der Waals surface area contributed by atoms with Gasteiger partial charge in [-0.05, 0) is 9.91 Å². The van der Waals surface area contributed by atoms with Crippen LogP contribution in [-0.4, -0.2) is 9.91 Å². The number of nitriles is 1. The number of pyridine rings is 1. The number of nitrogens with two attached hydrogens (primary N) is 1. The fraction of sp³-hybridized carbons (Fsp3) is 0. The van der Waals surface area contributed by atoms with E-state index in [1.54, 1.807) is 6.07 Å². The summed E-state index contributed by atoms with van der Waals surface area (Å²) >= 11 is 0. The van der Waals surface area contributed by atoms with Crippen LogP contribution in [0.1, 0.15) is 5.56 Å². The zero-order valence-corrected chi connectivity index (χ0v) is 5.89. The van der Waals surface area contributed by atoms with Crippen LogP contribution in [0, 0.1) is 21.4 Å². The molecule has 0 aromatic carbocycles. The molecular formula is C6H4N4O2. The molecule has 1 aromatic heterocycles. The first-order valence-corrected chi connectivity index (χ1v) is 2.95. The van der Waals surface area contributed by atoms with Crippen LogP contribution in [0.15, 0.2) is 12.3 Å². The van der Waals surface area contributed by atoms with Crippen molar-refractivity contribution in [3.63, 3.8) is 0 Å². The van der Waals surface area contributed by atoms with Gasteiger partial charge in [0, 0.05) is 0 Å². The summed E-state index contributed by atoms with van der Waals surface area (Å²) in [5.74, 6) is -0.374. The van der Waals surface area contributed by atoms with Gasteiger partial charge in [0.25, 0.3) is 0 Å². The lowest BCUT2D eigenvalue weighted by molar-refractivity contribution is -0.389. The fourth-order valence-corrected chi connectivity index (χ4v) is 0.652. The molecule has 0 amide bonds.